The summed E-state index contributed by atoms with van der Waals surface area (Å²) in [5, 5.41) is 4.04. The summed E-state index contributed by atoms with van der Waals surface area (Å²) in [5.74, 6) is 0.0211. The molecule has 2 aromatic rings. The van der Waals surface area contributed by atoms with E-state index in [4.69, 9.17) is 0 Å². The number of hydrogen-bond acceptors (Lipinski definition) is 2. The number of aromatic nitrogens is 1. The zero-order valence-electron chi connectivity index (χ0n) is 10.3. The second kappa shape index (κ2) is 4.35. The number of amides is 1. The third-order valence-corrected chi connectivity index (χ3v) is 5.06. The quantitative estimate of drug-likeness (QED) is 0.888. The molecule has 0 atom stereocenters. The monoisotopic (exact) mass is 260 g/mol. The predicted molar refractivity (Wildman–Crippen MR) is 76.1 cm³/mol. The first-order valence-electron chi connectivity index (χ1n) is 6.14. The van der Waals surface area contributed by atoms with Gasteiger partial charge in [-0.15, -0.1) is 0 Å². The van der Waals surface area contributed by atoms with Crippen LogP contribution in [0.2, 0.25) is 0 Å². The molecule has 1 fully saturated rings. The molecule has 1 aromatic carbocycles. The van der Waals surface area contributed by atoms with Crippen molar-refractivity contribution in [3.8, 4) is 0 Å². The fourth-order valence-electron chi connectivity index (χ4n) is 2.19. The number of carbonyl (C=O) groups excluding carboxylic acids is 1. The first-order chi connectivity index (χ1) is 8.74. The summed E-state index contributed by atoms with van der Waals surface area (Å²) < 4.78 is 0.307. The van der Waals surface area contributed by atoms with E-state index in [2.05, 4.69) is 16.6 Å². The molecule has 1 amide bonds. The van der Waals surface area contributed by atoms with Gasteiger partial charge in [0.2, 0.25) is 0 Å². The van der Waals surface area contributed by atoms with E-state index >= 15 is 0 Å². The molecule has 18 heavy (non-hydrogen) atoms. The predicted octanol–water partition coefficient (Wildman–Crippen LogP) is 2.79. The Hall–Kier alpha value is -1.42. The third-order valence-electron chi connectivity index (χ3n) is 3.65. The highest BCUT2D eigenvalue weighted by molar-refractivity contribution is 8.00. The molecule has 0 aliphatic heterocycles. The van der Waals surface area contributed by atoms with Gasteiger partial charge in [-0.05, 0) is 25.2 Å². The van der Waals surface area contributed by atoms with Crippen molar-refractivity contribution in [3.05, 3.63) is 36.0 Å². The van der Waals surface area contributed by atoms with Gasteiger partial charge in [0, 0.05) is 28.4 Å². The molecule has 0 spiro atoms. The molecule has 1 heterocycles. The molecule has 4 heteroatoms. The molecule has 3 rings (SSSR count). The molecule has 1 aliphatic rings. The fraction of sp³-hybridized carbons (Fsp3) is 0.357. The smallest absolute Gasteiger partial charge is 0.253 e. The van der Waals surface area contributed by atoms with Gasteiger partial charge in [0.05, 0.1) is 5.56 Å². The van der Waals surface area contributed by atoms with Crippen molar-refractivity contribution < 1.29 is 4.79 Å². The largest absolute Gasteiger partial charge is 0.360 e. The Kier molecular flexibility index (Phi) is 2.82. The Balaban J connectivity index is 1.76. The van der Waals surface area contributed by atoms with E-state index in [-0.39, 0.29) is 5.91 Å². The van der Waals surface area contributed by atoms with Crippen LogP contribution in [0.25, 0.3) is 10.9 Å². The molecule has 0 saturated heterocycles. The van der Waals surface area contributed by atoms with Crippen LogP contribution in [0.4, 0.5) is 0 Å². The Morgan fingerprint density at radius 2 is 2.22 bits per heavy atom. The van der Waals surface area contributed by atoms with E-state index < -0.39 is 0 Å². The zero-order chi connectivity index (χ0) is 12.6. The van der Waals surface area contributed by atoms with Crippen LogP contribution in [0.3, 0.4) is 0 Å². The summed E-state index contributed by atoms with van der Waals surface area (Å²) in [4.78, 5) is 15.3. The Bertz CT molecular complexity index is 586. The number of rotatable bonds is 4. The highest BCUT2D eigenvalue weighted by Crippen LogP contribution is 2.46. The first kappa shape index (κ1) is 11.7. The number of H-pyrrole nitrogens is 1. The Morgan fingerprint density at radius 3 is 2.94 bits per heavy atom. The van der Waals surface area contributed by atoms with Gasteiger partial charge >= 0.3 is 0 Å². The highest BCUT2D eigenvalue weighted by atomic mass is 32.2. The van der Waals surface area contributed by atoms with E-state index in [1.807, 2.05) is 36.0 Å². The average molecular weight is 260 g/mol. The number of nitrogens with one attached hydrogen (secondary N) is 2. The Morgan fingerprint density at radius 1 is 1.44 bits per heavy atom. The number of aromatic amines is 1. The molecular weight excluding hydrogens is 244 g/mol. The van der Waals surface area contributed by atoms with Crippen LogP contribution in [0.15, 0.2) is 30.5 Å². The third kappa shape index (κ3) is 2.01. The van der Waals surface area contributed by atoms with Crippen molar-refractivity contribution >= 4 is 28.6 Å². The topological polar surface area (TPSA) is 44.9 Å². The number of thioether (sulfide) groups is 1. The van der Waals surface area contributed by atoms with E-state index in [9.17, 15) is 4.79 Å². The number of fused-ring (bicyclic) bond motifs is 1. The summed E-state index contributed by atoms with van der Waals surface area (Å²) in [6, 6.07) is 7.88. The van der Waals surface area contributed by atoms with Crippen LogP contribution >= 0.6 is 11.8 Å². The van der Waals surface area contributed by atoms with Gasteiger partial charge in [0.25, 0.3) is 5.91 Å². The lowest BCUT2D eigenvalue weighted by Gasteiger charge is -2.12. The van der Waals surface area contributed by atoms with Crippen LogP contribution in [0.5, 0.6) is 0 Å². The molecular formula is C14H16N2OS. The minimum absolute atomic E-state index is 0.0211. The van der Waals surface area contributed by atoms with Crippen LogP contribution in [0, 0.1) is 0 Å². The summed E-state index contributed by atoms with van der Waals surface area (Å²) in [6.45, 7) is 0.770. The SMILES string of the molecule is CSC1(CNC(=O)c2c[nH]c3ccccc23)CC1. The van der Waals surface area contributed by atoms with E-state index in [0.717, 1.165) is 23.0 Å². The molecule has 94 valence electrons. The maximum Gasteiger partial charge on any atom is 0.253 e. The minimum Gasteiger partial charge on any atom is -0.360 e. The van der Waals surface area contributed by atoms with Crippen molar-refractivity contribution in [2.24, 2.45) is 0 Å². The standard InChI is InChI=1S/C14H16N2OS/c1-18-14(6-7-14)9-16-13(17)11-8-15-12-5-3-2-4-10(11)12/h2-5,8,15H,6-7,9H2,1H3,(H,16,17). The maximum atomic E-state index is 12.2. The van der Waals surface area contributed by atoms with E-state index in [1.165, 1.54) is 12.8 Å². The van der Waals surface area contributed by atoms with Gasteiger partial charge in [-0.25, -0.2) is 0 Å². The molecule has 0 unspecified atom stereocenters. The summed E-state index contributed by atoms with van der Waals surface area (Å²) >= 11 is 1.86. The highest BCUT2D eigenvalue weighted by Gasteiger charge is 2.42. The van der Waals surface area contributed by atoms with Crippen molar-refractivity contribution in [2.75, 3.05) is 12.8 Å². The van der Waals surface area contributed by atoms with Gasteiger partial charge in [0.1, 0.15) is 0 Å². The van der Waals surface area contributed by atoms with Crippen LogP contribution in [0.1, 0.15) is 23.2 Å². The number of para-hydroxylation sites is 1. The summed E-state index contributed by atoms with van der Waals surface area (Å²) in [6.07, 6.45) is 6.33. The van der Waals surface area contributed by atoms with Crippen molar-refractivity contribution in [3.63, 3.8) is 0 Å². The first-order valence-corrected chi connectivity index (χ1v) is 7.36. The van der Waals surface area contributed by atoms with Crippen molar-refractivity contribution in [2.45, 2.75) is 17.6 Å². The summed E-state index contributed by atoms with van der Waals surface area (Å²) in [7, 11) is 0. The number of carbonyl (C=O) groups is 1. The van der Waals surface area contributed by atoms with Gasteiger partial charge in [-0.1, -0.05) is 18.2 Å². The minimum atomic E-state index is 0.0211. The van der Waals surface area contributed by atoms with Crippen molar-refractivity contribution in [1.29, 1.82) is 0 Å². The second-order valence-corrected chi connectivity index (χ2v) is 6.09. The van der Waals surface area contributed by atoms with Gasteiger partial charge < -0.3 is 10.3 Å². The molecule has 1 aliphatic carbocycles. The lowest BCUT2D eigenvalue weighted by molar-refractivity contribution is 0.0954. The maximum absolute atomic E-state index is 12.2. The van der Waals surface area contributed by atoms with Gasteiger partial charge in [-0.3, -0.25) is 4.79 Å². The summed E-state index contributed by atoms with van der Waals surface area (Å²) in [5.41, 5.74) is 1.75. The van der Waals surface area contributed by atoms with Gasteiger partial charge in [-0.2, -0.15) is 11.8 Å². The van der Waals surface area contributed by atoms with Crippen LogP contribution in [-0.2, 0) is 0 Å². The van der Waals surface area contributed by atoms with E-state index in [0.29, 0.717) is 4.75 Å². The molecule has 3 nitrogen and oxygen atoms in total. The van der Waals surface area contributed by atoms with E-state index in [1.54, 1.807) is 6.20 Å². The lowest BCUT2D eigenvalue weighted by Crippen LogP contribution is -2.31. The van der Waals surface area contributed by atoms with Crippen molar-refractivity contribution in [1.82, 2.24) is 10.3 Å². The lowest BCUT2D eigenvalue weighted by atomic mass is 10.1. The average Bonchev–Trinajstić information content (AvgIpc) is 3.07. The number of hydrogen-bond donors (Lipinski definition) is 2. The molecule has 0 radical (unpaired) electrons. The normalized spacial score (nSPS) is 16.7. The van der Waals surface area contributed by atoms with Crippen LogP contribution in [-0.4, -0.2) is 28.4 Å². The molecule has 0 bridgehead atoms. The Labute approximate surface area is 110 Å². The molecule has 1 saturated carbocycles. The van der Waals surface area contributed by atoms with Gasteiger partial charge in [0.15, 0.2) is 0 Å². The number of benzene rings is 1. The van der Waals surface area contributed by atoms with Crippen LogP contribution < -0.4 is 5.32 Å². The molecule has 1 aromatic heterocycles. The second-order valence-electron chi connectivity index (χ2n) is 4.82. The molecule has 2 N–H and O–H groups in total. The fourth-order valence-corrected chi connectivity index (χ4v) is 2.92. The zero-order valence-corrected chi connectivity index (χ0v) is 11.1.